The van der Waals surface area contributed by atoms with Gasteiger partial charge in [0.2, 0.25) is 0 Å². The van der Waals surface area contributed by atoms with Crippen LogP contribution in [0, 0.1) is 5.82 Å². The van der Waals surface area contributed by atoms with Gasteiger partial charge in [0, 0.05) is 37.2 Å². The average molecular weight is 317 g/mol. The second-order valence-electron chi connectivity index (χ2n) is 5.64. The number of rotatable bonds is 4. The summed E-state index contributed by atoms with van der Waals surface area (Å²) in [7, 11) is 0. The zero-order chi connectivity index (χ0) is 16.2. The molecule has 0 spiro atoms. The van der Waals surface area contributed by atoms with Crippen LogP contribution < -0.4 is 16.0 Å². The molecule has 7 heteroatoms. The summed E-state index contributed by atoms with van der Waals surface area (Å²) in [5.74, 6) is -0.573. The maximum absolute atomic E-state index is 14.5. The van der Waals surface area contributed by atoms with E-state index in [1.54, 1.807) is 18.3 Å². The lowest BCUT2D eigenvalue weighted by atomic mass is 10.0. The van der Waals surface area contributed by atoms with Crippen LogP contribution in [0.3, 0.4) is 0 Å². The molecule has 6 nitrogen and oxygen atoms in total. The molecule has 0 saturated carbocycles. The third-order valence-corrected chi connectivity index (χ3v) is 4.13. The molecule has 2 heterocycles. The van der Waals surface area contributed by atoms with Crippen LogP contribution in [0.5, 0.6) is 0 Å². The summed E-state index contributed by atoms with van der Waals surface area (Å²) >= 11 is 0. The zero-order valence-corrected chi connectivity index (χ0v) is 12.8. The molecule has 1 aliphatic heterocycles. The third-order valence-electron chi connectivity index (χ3n) is 4.13. The quantitative estimate of drug-likeness (QED) is 0.806. The highest BCUT2D eigenvalue weighted by Gasteiger charge is 2.23. The number of nitrogens with one attached hydrogen (secondary N) is 2. The largest absolute Gasteiger partial charge is 0.365 e. The molecule has 1 aliphatic rings. The van der Waals surface area contributed by atoms with Gasteiger partial charge in [-0.25, -0.2) is 9.37 Å². The Morgan fingerprint density at radius 1 is 1.48 bits per heavy atom. The highest BCUT2D eigenvalue weighted by molar-refractivity contribution is 6.01. The fourth-order valence-corrected chi connectivity index (χ4v) is 2.96. The van der Waals surface area contributed by atoms with Gasteiger partial charge in [0.1, 0.15) is 5.82 Å². The number of aromatic amines is 1. The summed E-state index contributed by atoms with van der Waals surface area (Å²) in [6, 6.07) is 4.89. The van der Waals surface area contributed by atoms with Crippen LogP contribution in [-0.2, 0) is 0 Å². The molecule has 2 aromatic rings. The smallest absolute Gasteiger partial charge is 0.291 e. The highest BCUT2D eigenvalue weighted by Crippen LogP contribution is 2.28. The number of benzene rings is 1. The molecule has 1 unspecified atom stereocenters. The van der Waals surface area contributed by atoms with Gasteiger partial charge in [0.05, 0.1) is 5.69 Å². The Kier molecular flexibility index (Phi) is 4.57. The van der Waals surface area contributed by atoms with Crippen molar-refractivity contribution >= 4 is 17.3 Å². The van der Waals surface area contributed by atoms with Gasteiger partial charge in [-0.3, -0.25) is 4.79 Å². The summed E-state index contributed by atoms with van der Waals surface area (Å²) in [6.45, 7) is 1.31. The number of aromatic nitrogens is 2. The van der Waals surface area contributed by atoms with Crippen molar-refractivity contribution in [1.29, 1.82) is 0 Å². The number of H-pyrrole nitrogens is 1. The van der Waals surface area contributed by atoms with Crippen molar-refractivity contribution in [2.24, 2.45) is 5.73 Å². The van der Waals surface area contributed by atoms with Crippen LogP contribution in [0.15, 0.2) is 30.6 Å². The molecular formula is C16H20FN5O. The molecule has 0 radical (unpaired) electrons. The van der Waals surface area contributed by atoms with Crippen molar-refractivity contribution in [1.82, 2.24) is 9.97 Å². The molecule has 0 bridgehead atoms. The Bertz CT molecular complexity index is 673. The van der Waals surface area contributed by atoms with E-state index < -0.39 is 5.91 Å². The van der Waals surface area contributed by atoms with E-state index >= 15 is 0 Å². The SMILES string of the molecule is NCC1CCCCN1c1ccc(NC(=O)c2ncc[nH]2)cc1F. The Labute approximate surface area is 133 Å². The van der Waals surface area contributed by atoms with Gasteiger partial charge in [-0.15, -0.1) is 0 Å². The minimum atomic E-state index is -0.403. The Morgan fingerprint density at radius 2 is 2.35 bits per heavy atom. The zero-order valence-electron chi connectivity index (χ0n) is 12.8. The molecule has 122 valence electrons. The molecule has 4 N–H and O–H groups in total. The number of anilines is 2. The predicted octanol–water partition coefficient (Wildman–Crippen LogP) is 2.12. The Balaban J connectivity index is 1.76. The second kappa shape index (κ2) is 6.78. The van der Waals surface area contributed by atoms with E-state index in [9.17, 15) is 9.18 Å². The summed E-state index contributed by atoms with van der Waals surface area (Å²) in [5.41, 5.74) is 6.73. The van der Waals surface area contributed by atoms with E-state index in [4.69, 9.17) is 5.73 Å². The van der Waals surface area contributed by atoms with Crippen molar-refractivity contribution in [2.45, 2.75) is 25.3 Å². The normalized spacial score (nSPS) is 18.0. The van der Waals surface area contributed by atoms with E-state index in [1.807, 2.05) is 4.90 Å². The van der Waals surface area contributed by atoms with Gasteiger partial charge in [0.15, 0.2) is 5.82 Å². The molecule has 1 fully saturated rings. The van der Waals surface area contributed by atoms with E-state index in [2.05, 4.69) is 15.3 Å². The maximum atomic E-state index is 14.5. The summed E-state index contributed by atoms with van der Waals surface area (Å²) in [4.78, 5) is 20.5. The third kappa shape index (κ3) is 3.34. The molecule has 3 rings (SSSR count). The summed E-state index contributed by atoms with van der Waals surface area (Å²) in [5, 5.41) is 2.62. The molecule has 0 aliphatic carbocycles. The van der Waals surface area contributed by atoms with Gasteiger partial charge in [0.25, 0.3) is 5.91 Å². The molecular weight excluding hydrogens is 297 g/mol. The van der Waals surface area contributed by atoms with Crippen molar-refractivity contribution < 1.29 is 9.18 Å². The van der Waals surface area contributed by atoms with Crippen molar-refractivity contribution in [3.05, 3.63) is 42.2 Å². The van der Waals surface area contributed by atoms with Crippen molar-refractivity contribution in [3.8, 4) is 0 Å². The van der Waals surface area contributed by atoms with Crippen LogP contribution >= 0.6 is 0 Å². The van der Waals surface area contributed by atoms with Crippen LogP contribution in [0.4, 0.5) is 15.8 Å². The fourth-order valence-electron chi connectivity index (χ4n) is 2.96. The molecule has 23 heavy (non-hydrogen) atoms. The van der Waals surface area contributed by atoms with Gasteiger partial charge in [-0.2, -0.15) is 0 Å². The fraction of sp³-hybridized carbons (Fsp3) is 0.375. The number of hydrogen-bond donors (Lipinski definition) is 3. The number of halogens is 1. The van der Waals surface area contributed by atoms with Gasteiger partial charge < -0.3 is 20.9 Å². The first-order valence-electron chi connectivity index (χ1n) is 7.76. The van der Waals surface area contributed by atoms with Crippen molar-refractivity contribution in [3.63, 3.8) is 0 Å². The van der Waals surface area contributed by atoms with Crippen LogP contribution in [-0.4, -0.2) is 35.0 Å². The number of carbonyl (C=O) groups excluding carboxylic acids is 1. The molecule has 1 aromatic heterocycles. The Morgan fingerprint density at radius 3 is 3.04 bits per heavy atom. The number of nitrogens with zero attached hydrogens (tertiary/aromatic N) is 2. The molecule has 1 amide bonds. The lowest BCUT2D eigenvalue weighted by Crippen LogP contribution is -2.44. The van der Waals surface area contributed by atoms with Crippen LogP contribution in [0.2, 0.25) is 0 Å². The van der Waals surface area contributed by atoms with Crippen molar-refractivity contribution in [2.75, 3.05) is 23.3 Å². The predicted molar refractivity (Wildman–Crippen MR) is 87.0 cm³/mol. The van der Waals surface area contributed by atoms with E-state index in [1.165, 1.54) is 12.3 Å². The van der Waals surface area contributed by atoms with Crippen LogP contribution in [0.25, 0.3) is 0 Å². The number of hydrogen-bond acceptors (Lipinski definition) is 4. The van der Waals surface area contributed by atoms with E-state index in [-0.39, 0.29) is 17.7 Å². The minimum Gasteiger partial charge on any atom is -0.365 e. The van der Waals surface area contributed by atoms with Gasteiger partial charge >= 0.3 is 0 Å². The number of piperidine rings is 1. The monoisotopic (exact) mass is 317 g/mol. The first kappa shape index (κ1) is 15.5. The lowest BCUT2D eigenvalue weighted by molar-refractivity contribution is 0.101. The molecule has 1 atom stereocenters. The van der Waals surface area contributed by atoms with Crippen LogP contribution in [0.1, 0.15) is 29.9 Å². The summed E-state index contributed by atoms with van der Waals surface area (Å²) in [6.07, 6.45) is 6.18. The number of amides is 1. The molecule has 1 saturated heterocycles. The standard InChI is InChI=1S/C16H20FN5O/c17-13-9-11(21-16(23)15-19-6-7-20-15)4-5-14(13)22-8-2-1-3-12(22)10-18/h4-7,9,12H,1-3,8,10,18H2,(H,19,20)(H,21,23). The minimum absolute atomic E-state index is 0.168. The topological polar surface area (TPSA) is 87.0 Å². The lowest BCUT2D eigenvalue weighted by Gasteiger charge is -2.37. The number of carbonyl (C=O) groups is 1. The molecule has 1 aromatic carbocycles. The van der Waals surface area contributed by atoms with Gasteiger partial charge in [-0.05, 0) is 37.5 Å². The second-order valence-corrected chi connectivity index (χ2v) is 5.64. The first-order valence-corrected chi connectivity index (χ1v) is 7.76. The number of nitrogens with two attached hydrogens (primary N) is 1. The maximum Gasteiger partial charge on any atom is 0.291 e. The number of imidazole rings is 1. The Hall–Kier alpha value is -2.41. The van der Waals surface area contributed by atoms with E-state index in [0.717, 1.165) is 25.8 Å². The van der Waals surface area contributed by atoms with Gasteiger partial charge in [-0.1, -0.05) is 0 Å². The first-order chi connectivity index (χ1) is 11.2. The van der Waals surface area contributed by atoms with E-state index in [0.29, 0.717) is 17.9 Å². The summed E-state index contributed by atoms with van der Waals surface area (Å²) < 4.78 is 14.5. The average Bonchev–Trinajstić information content (AvgIpc) is 3.10. The highest BCUT2D eigenvalue weighted by atomic mass is 19.1.